The molecule has 0 fully saturated rings. The lowest BCUT2D eigenvalue weighted by Gasteiger charge is -2.08. The molecule has 1 atom stereocenters. The molecule has 0 amide bonds. The van der Waals surface area contributed by atoms with Crippen LogP contribution < -0.4 is 5.73 Å². The SMILES string of the molecule is COC(CN)Cc1nc(-c2ccc(C)cc2Br)no1. The molecule has 0 saturated heterocycles. The number of nitrogens with two attached hydrogens (primary N) is 1. The minimum atomic E-state index is -0.102. The van der Waals surface area contributed by atoms with Gasteiger partial charge in [-0.1, -0.05) is 27.2 Å². The minimum Gasteiger partial charge on any atom is -0.380 e. The van der Waals surface area contributed by atoms with Gasteiger partial charge < -0.3 is 15.0 Å². The van der Waals surface area contributed by atoms with E-state index in [-0.39, 0.29) is 6.10 Å². The van der Waals surface area contributed by atoms with Crippen LogP contribution in [0.4, 0.5) is 0 Å². The van der Waals surface area contributed by atoms with Crippen LogP contribution in [-0.4, -0.2) is 29.9 Å². The molecule has 1 unspecified atom stereocenters. The highest BCUT2D eigenvalue weighted by Crippen LogP contribution is 2.27. The summed E-state index contributed by atoms with van der Waals surface area (Å²) in [5, 5.41) is 3.99. The maximum absolute atomic E-state index is 5.57. The lowest BCUT2D eigenvalue weighted by Crippen LogP contribution is -2.24. The second-order valence-electron chi connectivity index (χ2n) is 4.29. The van der Waals surface area contributed by atoms with Gasteiger partial charge in [0.05, 0.1) is 12.5 Å². The Bertz CT molecular complexity index is 553. The molecular weight excluding hydrogens is 310 g/mol. The molecule has 2 N–H and O–H groups in total. The van der Waals surface area contributed by atoms with E-state index in [1.54, 1.807) is 7.11 Å². The Hall–Kier alpha value is -1.24. The van der Waals surface area contributed by atoms with E-state index < -0.39 is 0 Å². The Morgan fingerprint density at radius 3 is 2.89 bits per heavy atom. The fourth-order valence-electron chi connectivity index (χ4n) is 1.71. The van der Waals surface area contributed by atoms with E-state index in [4.69, 9.17) is 15.0 Å². The number of nitrogens with zero attached hydrogens (tertiary/aromatic N) is 2. The number of aryl methyl sites for hydroxylation is 1. The summed E-state index contributed by atoms with van der Waals surface area (Å²) in [6, 6.07) is 5.99. The van der Waals surface area contributed by atoms with Crippen LogP contribution in [0.2, 0.25) is 0 Å². The first kappa shape index (κ1) is 14.2. The van der Waals surface area contributed by atoms with Gasteiger partial charge in [0.2, 0.25) is 11.7 Å². The smallest absolute Gasteiger partial charge is 0.229 e. The summed E-state index contributed by atoms with van der Waals surface area (Å²) in [6.45, 7) is 2.45. The van der Waals surface area contributed by atoms with Crippen LogP contribution in [0.1, 0.15) is 11.5 Å². The van der Waals surface area contributed by atoms with Crippen molar-refractivity contribution in [3.63, 3.8) is 0 Å². The quantitative estimate of drug-likeness (QED) is 0.913. The van der Waals surface area contributed by atoms with E-state index in [1.807, 2.05) is 25.1 Å². The largest absolute Gasteiger partial charge is 0.380 e. The third-order valence-corrected chi connectivity index (χ3v) is 3.49. The number of methoxy groups -OCH3 is 1. The molecule has 0 aliphatic carbocycles. The molecule has 0 spiro atoms. The molecule has 6 heteroatoms. The summed E-state index contributed by atoms with van der Waals surface area (Å²) in [5.74, 6) is 1.09. The fourth-order valence-corrected chi connectivity index (χ4v) is 2.38. The minimum absolute atomic E-state index is 0.102. The van der Waals surface area contributed by atoms with E-state index in [0.717, 1.165) is 10.0 Å². The molecule has 1 heterocycles. The van der Waals surface area contributed by atoms with Gasteiger partial charge in [-0.3, -0.25) is 0 Å². The van der Waals surface area contributed by atoms with Crippen molar-refractivity contribution in [3.8, 4) is 11.4 Å². The highest BCUT2D eigenvalue weighted by atomic mass is 79.9. The van der Waals surface area contributed by atoms with Gasteiger partial charge in [0.25, 0.3) is 0 Å². The van der Waals surface area contributed by atoms with Crippen LogP contribution in [-0.2, 0) is 11.2 Å². The number of benzene rings is 1. The molecule has 2 rings (SSSR count). The summed E-state index contributed by atoms with van der Waals surface area (Å²) >= 11 is 3.50. The molecule has 2 aromatic rings. The maximum Gasteiger partial charge on any atom is 0.229 e. The van der Waals surface area contributed by atoms with Gasteiger partial charge in [0.15, 0.2) is 0 Å². The van der Waals surface area contributed by atoms with E-state index in [1.165, 1.54) is 5.56 Å². The predicted octanol–water partition coefficient (Wildman–Crippen LogP) is 2.32. The molecule has 0 radical (unpaired) electrons. The number of hydrogen-bond acceptors (Lipinski definition) is 5. The van der Waals surface area contributed by atoms with Crippen molar-refractivity contribution < 1.29 is 9.26 Å². The molecule has 5 nitrogen and oxygen atoms in total. The van der Waals surface area contributed by atoms with Crippen LogP contribution in [0.15, 0.2) is 27.2 Å². The van der Waals surface area contributed by atoms with Crippen LogP contribution in [0.3, 0.4) is 0 Å². The molecule has 0 bridgehead atoms. The summed E-state index contributed by atoms with van der Waals surface area (Å²) in [4.78, 5) is 4.36. The Kier molecular flexibility index (Phi) is 4.68. The molecule has 102 valence electrons. The zero-order valence-corrected chi connectivity index (χ0v) is 12.5. The van der Waals surface area contributed by atoms with Gasteiger partial charge in [-0.25, -0.2) is 0 Å². The Morgan fingerprint density at radius 1 is 1.47 bits per heavy atom. The number of aromatic nitrogens is 2. The first-order valence-corrected chi connectivity index (χ1v) is 6.75. The Labute approximate surface area is 120 Å². The van der Waals surface area contributed by atoms with Crippen molar-refractivity contribution in [2.24, 2.45) is 5.73 Å². The van der Waals surface area contributed by atoms with Gasteiger partial charge in [-0.2, -0.15) is 4.98 Å². The monoisotopic (exact) mass is 325 g/mol. The van der Waals surface area contributed by atoms with Gasteiger partial charge in [0, 0.05) is 23.7 Å². The van der Waals surface area contributed by atoms with E-state index in [0.29, 0.717) is 24.7 Å². The second-order valence-corrected chi connectivity index (χ2v) is 5.15. The highest BCUT2D eigenvalue weighted by molar-refractivity contribution is 9.10. The molecule has 0 aliphatic heterocycles. The molecule has 1 aromatic carbocycles. The second kappa shape index (κ2) is 6.27. The Morgan fingerprint density at radius 2 is 2.26 bits per heavy atom. The van der Waals surface area contributed by atoms with E-state index >= 15 is 0 Å². The van der Waals surface area contributed by atoms with Crippen LogP contribution >= 0.6 is 15.9 Å². The lowest BCUT2D eigenvalue weighted by atomic mass is 10.1. The maximum atomic E-state index is 5.57. The molecule has 1 aromatic heterocycles. The van der Waals surface area contributed by atoms with Gasteiger partial charge in [0.1, 0.15) is 0 Å². The third-order valence-electron chi connectivity index (χ3n) is 2.83. The summed E-state index contributed by atoms with van der Waals surface area (Å²) in [7, 11) is 1.62. The first-order chi connectivity index (χ1) is 9.13. The van der Waals surface area contributed by atoms with Gasteiger partial charge in [-0.05, 0) is 24.6 Å². The summed E-state index contributed by atoms with van der Waals surface area (Å²) in [5.41, 5.74) is 7.64. The summed E-state index contributed by atoms with van der Waals surface area (Å²) < 4.78 is 11.4. The molecule has 19 heavy (non-hydrogen) atoms. The van der Waals surface area contributed by atoms with Crippen molar-refractivity contribution in [2.75, 3.05) is 13.7 Å². The van der Waals surface area contributed by atoms with Crippen LogP contribution in [0, 0.1) is 6.92 Å². The molecule has 0 aliphatic rings. The number of ether oxygens (including phenoxy) is 1. The van der Waals surface area contributed by atoms with Crippen molar-refractivity contribution in [2.45, 2.75) is 19.4 Å². The average molecular weight is 326 g/mol. The van der Waals surface area contributed by atoms with Crippen LogP contribution in [0.25, 0.3) is 11.4 Å². The van der Waals surface area contributed by atoms with E-state index in [9.17, 15) is 0 Å². The highest BCUT2D eigenvalue weighted by Gasteiger charge is 2.15. The number of hydrogen-bond donors (Lipinski definition) is 1. The van der Waals surface area contributed by atoms with Crippen molar-refractivity contribution >= 4 is 15.9 Å². The van der Waals surface area contributed by atoms with Crippen molar-refractivity contribution in [1.82, 2.24) is 10.1 Å². The van der Waals surface area contributed by atoms with Crippen molar-refractivity contribution in [3.05, 3.63) is 34.1 Å². The van der Waals surface area contributed by atoms with Crippen molar-refractivity contribution in [1.29, 1.82) is 0 Å². The van der Waals surface area contributed by atoms with E-state index in [2.05, 4.69) is 26.1 Å². The fraction of sp³-hybridized carbons (Fsp3) is 0.385. The standard InChI is InChI=1S/C13H16BrN3O2/c1-8-3-4-10(11(14)5-8)13-16-12(19-17-13)6-9(7-15)18-2/h3-5,9H,6-7,15H2,1-2H3. The number of halogens is 1. The van der Waals surface area contributed by atoms with Crippen LogP contribution in [0.5, 0.6) is 0 Å². The normalized spacial score (nSPS) is 12.6. The lowest BCUT2D eigenvalue weighted by molar-refractivity contribution is 0.102. The molecular formula is C13H16BrN3O2. The third kappa shape index (κ3) is 3.40. The summed E-state index contributed by atoms with van der Waals surface area (Å²) in [6.07, 6.45) is 0.415. The predicted molar refractivity (Wildman–Crippen MR) is 75.7 cm³/mol. The first-order valence-electron chi connectivity index (χ1n) is 5.96. The Balaban J connectivity index is 2.20. The zero-order valence-electron chi connectivity index (χ0n) is 10.9. The zero-order chi connectivity index (χ0) is 13.8. The number of rotatable bonds is 5. The molecule has 0 saturated carbocycles. The van der Waals surface area contributed by atoms with Gasteiger partial charge in [-0.15, -0.1) is 0 Å². The topological polar surface area (TPSA) is 74.2 Å². The van der Waals surface area contributed by atoms with Gasteiger partial charge >= 0.3 is 0 Å². The average Bonchev–Trinajstić information content (AvgIpc) is 2.84.